The lowest BCUT2D eigenvalue weighted by atomic mass is 10.2. The molecule has 16 heavy (non-hydrogen) atoms. The summed E-state index contributed by atoms with van der Waals surface area (Å²) in [5, 5.41) is 0. The van der Waals surface area contributed by atoms with Crippen molar-refractivity contribution in [2.75, 3.05) is 20.6 Å². The molecule has 0 aliphatic rings. The van der Waals surface area contributed by atoms with Crippen LogP contribution >= 0.6 is 0 Å². The zero-order valence-electron chi connectivity index (χ0n) is 10.7. The summed E-state index contributed by atoms with van der Waals surface area (Å²) in [6.07, 6.45) is 4.01. The first-order valence-electron chi connectivity index (χ1n) is 6.00. The maximum absolute atomic E-state index is 2.32. The minimum Gasteiger partial charge on any atom is -1.00 e. The number of hydrogen-bond acceptors (Lipinski definition) is 0. The van der Waals surface area contributed by atoms with Crippen LogP contribution in [0.2, 0.25) is 0 Å². The van der Waals surface area contributed by atoms with Crippen LogP contribution in [0.1, 0.15) is 31.7 Å². The van der Waals surface area contributed by atoms with Gasteiger partial charge in [0, 0.05) is 5.56 Å². The molecule has 0 unspecified atom stereocenters. The zero-order valence-corrected chi connectivity index (χ0v) is 12.3. The van der Waals surface area contributed by atoms with Crippen molar-refractivity contribution >= 4 is 0 Å². The Kier molecular flexibility index (Phi) is 7.69. The lowest BCUT2D eigenvalue weighted by molar-refractivity contribution is -0.903. The third-order valence-electron chi connectivity index (χ3n) is 2.82. The van der Waals surface area contributed by atoms with E-state index < -0.39 is 0 Å². The first kappa shape index (κ1) is 15.7. The molecule has 1 aromatic rings. The summed E-state index contributed by atoms with van der Waals surface area (Å²) in [6, 6.07) is 10.8. The number of nitrogens with zero attached hydrogens (tertiary/aromatic N) is 1. The minimum absolute atomic E-state index is 0. The normalized spacial score (nSPS) is 10.9. The van der Waals surface area contributed by atoms with E-state index in [4.69, 9.17) is 0 Å². The van der Waals surface area contributed by atoms with E-state index in [2.05, 4.69) is 51.4 Å². The fourth-order valence-electron chi connectivity index (χ4n) is 1.95. The summed E-state index contributed by atoms with van der Waals surface area (Å²) in [6.45, 7) is 4.69. The van der Waals surface area contributed by atoms with Gasteiger partial charge in [0.1, 0.15) is 6.54 Å². The highest BCUT2D eigenvalue weighted by atomic mass is 79.9. The van der Waals surface area contributed by atoms with Crippen LogP contribution in [0.25, 0.3) is 0 Å². The molecule has 0 saturated heterocycles. The highest BCUT2D eigenvalue weighted by Crippen LogP contribution is 2.10. The lowest BCUT2D eigenvalue weighted by Gasteiger charge is -2.30. The summed E-state index contributed by atoms with van der Waals surface area (Å²) < 4.78 is 1.10. The molecular weight excluding hydrogens is 262 g/mol. The summed E-state index contributed by atoms with van der Waals surface area (Å²) >= 11 is 0. The summed E-state index contributed by atoms with van der Waals surface area (Å²) in [5.41, 5.74) is 1.44. The van der Waals surface area contributed by atoms with Crippen LogP contribution in [0.3, 0.4) is 0 Å². The van der Waals surface area contributed by atoms with Crippen molar-refractivity contribution in [2.45, 2.75) is 32.7 Å². The van der Waals surface area contributed by atoms with Crippen LogP contribution in [-0.2, 0) is 6.54 Å². The van der Waals surface area contributed by atoms with Gasteiger partial charge in [0.15, 0.2) is 0 Å². The lowest BCUT2D eigenvalue weighted by Crippen LogP contribution is -3.00. The van der Waals surface area contributed by atoms with Gasteiger partial charge in [0.2, 0.25) is 0 Å². The predicted octanol–water partition coefficient (Wildman–Crippen LogP) is 0.457. The second-order valence-corrected chi connectivity index (χ2v) is 5.01. The Balaban J connectivity index is 0.00000225. The van der Waals surface area contributed by atoms with E-state index in [0.717, 1.165) is 11.0 Å². The molecule has 1 aromatic carbocycles. The van der Waals surface area contributed by atoms with Crippen LogP contribution < -0.4 is 17.0 Å². The Morgan fingerprint density at radius 2 is 1.62 bits per heavy atom. The maximum Gasteiger partial charge on any atom is 0.104 e. The Hall–Kier alpha value is -0.340. The monoisotopic (exact) mass is 285 g/mol. The molecular formula is C14H24BrN. The third-order valence-corrected chi connectivity index (χ3v) is 2.82. The molecule has 92 valence electrons. The number of hydrogen-bond donors (Lipinski definition) is 0. The standard InChI is InChI=1S/C14H24N.BrH/c1-4-5-9-12-15(2,3)13-14-10-7-6-8-11-14;/h6-8,10-11H,4-5,9,12-13H2,1-3H3;1H/q+1;/p-1. The Bertz CT molecular complexity index is 269. The van der Waals surface area contributed by atoms with Gasteiger partial charge in [-0.2, -0.15) is 0 Å². The van der Waals surface area contributed by atoms with Gasteiger partial charge in [-0.1, -0.05) is 43.7 Å². The Morgan fingerprint density at radius 3 is 2.19 bits per heavy atom. The third kappa shape index (κ3) is 6.29. The second-order valence-electron chi connectivity index (χ2n) is 5.01. The van der Waals surface area contributed by atoms with Gasteiger partial charge in [-0.3, -0.25) is 0 Å². The van der Waals surface area contributed by atoms with Crippen molar-refractivity contribution in [1.29, 1.82) is 0 Å². The van der Waals surface area contributed by atoms with Gasteiger partial charge in [0.05, 0.1) is 20.6 Å². The molecule has 1 rings (SSSR count). The fraction of sp³-hybridized carbons (Fsp3) is 0.571. The molecule has 2 heteroatoms. The van der Waals surface area contributed by atoms with Crippen molar-refractivity contribution in [3.05, 3.63) is 35.9 Å². The largest absolute Gasteiger partial charge is 1.00 e. The number of halogens is 1. The molecule has 0 amide bonds. The van der Waals surface area contributed by atoms with Crippen molar-refractivity contribution in [3.8, 4) is 0 Å². The van der Waals surface area contributed by atoms with E-state index in [1.807, 2.05) is 0 Å². The fourth-order valence-corrected chi connectivity index (χ4v) is 1.95. The van der Waals surface area contributed by atoms with Gasteiger partial charge >= 0.3 is 0 Å². The summed E-state index contributed by atoms with van der Waals surface area (Å²) in [5.74, 6) is 0. The highest BCUT2D eigenvalue weighted by Gasteiger charge is 2.14. The predicted molar refractivity (Wildman–Crippen MR) is 66.6 cm³/mol. The van der Waals surface area contributed by atoms with Crippen LogP contribution in [0.15, 0.2) is 30.3 Å². The SMILES string of the molecule is CCCCC[N+](C)(C)Cc1ccccc1.[Br-]. The zero-order chi connectivity index (χ0) is 11.1. The molecule has 0 bridgehead atoms. The van der Waals surface area contributed by atoms with E-state index in [1.54, 1.807) is 0 Å². The number of rotatable bonds is 6. The second kappa shape index (κ2) is 7.86. The quantitative estimate of drug-likeness (QED) is 0.526. The summed E-state index contributed by atoms with van der Waals surface area (Å²) in [7, 11) is 4.64. The van der Waals surface area contributed by atoms with E-state index >= 15 is 0 Å². The van der Waals surface area contributed by atoms with Gasteiger partial charge in [-0.25, -0.2) is 0 Å². The van der Waals surface area contributed by atoms with E-state index in [9.17, 15) is 0 Å². The molecule has 0 aromatic heterocycles. The van der Waals surface area contributed by atoms with E-state index in [0.29, 0.717) is 0 Å². The Labute approximate surface area is 111 Å². The first-order valence-corrected chi connectivity index (χ1v) is 6.00. The van der Waals surface area contributed by atoms with Crippen molar-refractivity contribution in [2.24, 2.45) is 0 Å². The molecule has 0 saturated carbocycles. The van der Waals surface area contributed by atoms with E-state index in [-0.39, 0.29) is 17.0 Å². The average Bonchev–Trinajstić information content (AvgIpc) is 2.18. The topological polar surface area (TPSA) is 0 Å². The molecule has 0 N–H and O–H groups in total. The molecule has 1 nitrogen and oxygen atoms in total. The van der Waals surface area contributed by atoms with Crippen LogP contribution in [0, 0.1) is 0 Å². The molecule has 0 aliphatic carbocycles. The Morgan fingerprint density at radius 1 is 1.00 bits per heavy atom. The number of unbranched alkanes of at least 4 members (excludes halogenated alkanes) is 2. The molecule has 0 heterocycles. The molecule has 0 atom stereocenters. The molecule has 0 fully saturated rings. The minimum atomic E-state index is 0. The van der Waals surface area contributed by atoms with Crippen LogP contribution in [-0.4, -0.2) is 25.1 Å². The van der Waals surface area contributed by atoms with Gasteiger partial charge in [0.25, 0.3) is 0 Å². The number of quaternary nitrogens is 1. The van der Waals surface area contributed by atoms with Gasteiger partial charge in [-0.05, 0) is 12.8 Å². The van der Waals surface area contributed by atoms with Crippen molar-refractivity contribution < 1.29 is 21.5 Å². The van der Waals surface area contributed by atoms with Crippen LogP contribution in [0.5, 0.6) is 0 Å². The molecule has 0 spiro atoms. The van der Waals surface area contributed by atoms with Gasteiger partial charge < -0.3 is 21.5 Å². The summed E-state index contributed by atoms with van der Waals surface area (Å²) in [4.78, 5) is 0. The van der Waals surface area contributed by atoms with Crippen molar-refractivity contribution in [1.82, 2.24) is 0 Å². The first-order chi connectivity index (χ1) is 7.14. The average molecular weight is 286 g/mol. The smallest absolute Gasteiger partial charge is 0.104 e. The van der Waals surface area contributed by atoms with Gasteiger partial charge in [-0.15, -0.1) is 0 Å². The highest BCUT2D eigenvalue weighted by molar-refractivity contribution is 5.13. The van der Waals surface area contributed by atoms with Crippen molar-refractivity contribution in [3.63, 3.8) is 0 Å². The number of benzene rings is 1. The van der Waals surface area contributed by atoms with E-state index in [1.165, 1.54) is 31.4 Å². The molecule has 0 radical (unpaired) electrons. The molecule has 0 aliphatic heterocycles. The van der Waals surface area contributed by atoms with Crippen LogP contribution in [0.4, 0.5) is 0 Å². The maximum atomic E-state index is 2.32.